The molecule has 1 fully saturated rings. The van der Waals surface area contributed by atoms with Gasteiger partial charge in [0.25, 0.3) is 0 Å². The molecule has 2 heterocycles. The van der Waals surface area contributed by atoms with Gasteiger partial charge in [-0.3, -0.25) is 0 Å². The molecule has 1 aliphatic rings. The van der Waals surface area contributed by atoms with E-state index < -0.39 is 26.4 Å². The van der Waals surface area contributed by atoms with Crippen molar-refractivity contribution in [2.45, 2.75) is 30.3 Å². The van der Waals surface area contributed by atoms with Crippen molar-refractivity contribution in [2.75, 3.05) is 48.8 Å². The van der Waals surface area contributed by atoms with E-state index in [0.717, 1.165) is 5.69 Å². The molecule has 0 bridgehead atoms. The fraction of sp³-hybridized carbons (Fsp3) is 0.385. The largest absolute Gasteiger partial charge is 0.388 e. The van der Waals surface area contributed by atoms with Crippen LogP contribution in [0.25, 0.3) is 0 Å². The van der Waals surface area contributed by atoms with Crippen molar-refractivity contribution in [3.63, 3.8) is 0 Å². The zero-order valence-corrected chi connectivity index (χ0v) is 23.5. The smallest absolute Gasteiger partial charge is 0.229 e. The molecule has 0 spiro atoms. The Bertz CT molecular complexity index is 1410. The Kier molecular flexibility index (Phi) is 9.28. The minimum Gasteiger partial charge on any atom is -0.388 e. The SMILES string of the molecule is Cc1cc(Nc2ccnc(Nc3ccc(S(=O)N4CCC(O)(CNCCS(C)(=O)=O)CC4)cc3)n2)ccc1F. The average molecular weight is 577 g/mol. The van der Waals surface area contributed by atoms with E-state index in [2.05, 4.69) is 25.9 Å². The molecule has 3 aromatic rings. The third kappa shape index (κ3) is 8.51. The molecule has 2 aromatic carbocycles. The number of nitrogens with zero attached hydrogens (tertiary/aromatic N) is 3. The van der Waals surface area contributed by atoms with Crippen LogP contribution in [0.4, 0.5) is 27.5 Å². The van der Waals surface area contributed by atoms with Crippen LogP contribution in [0.1, 0.15) is 18.4 Å². The Balaban J connectivity index is 1.29. The lowest BCUT2D eigenvalue weighted by atomic mass is 9.92. The number of hydrogen-bond acceptors (Lipinski definition) is 9. The molecule has 1 aliphatic heterocycles. The van der Waals surface area contributed by atoms with Gasteiger partial charge in [-0.1, -0.05) is 0 Å². The number of sulfone groups is 1. The number of nitrogens with one attached hydrogen (secondary N) is 3. The summed E-state index contributed by atoms with van der Waals surface area (Å²) >= 11 is 0. The number of benzene rings is 2. The van der Waals surface area contributed by atoms with Gasteiger partial charge in [0.1, 0.15) is 32.5 Å². The topological polar surface area (TPSA) is 137 Å². The fourth-order valence-electron chi connectivity index (χ4n) is 4.12. The molecule has 4 rings (SSSR count). The molecular weight excluding hydrogens is 543 g/mol. The summed E-state index contributed by atoms with van der Waals surface area (Å²) in [5, 5.41) is 20.1. The lowest BCUT2D eigenvalue weighted by molar-refractivity contribution is -0.00263. The third-order valence-electron chi connectivity index (χ3n) is 6.39. The predicted molar refractivity (Wildman–Crippen MR) is 151 cm³/mol. The van der Waals surface area contributed by atoms with Crippen LogP contribution in [0.3, 0.4) is 0 Å². The van der Waals surface area contributed by atoms with Gasteiger partial charge >= 0.3 is 0 Å². The molecule has 1 saturated heterocycles. The van der Waals surface area contributed by atoms with Crippen molar-refractivity contribution in [3.8, 4) is 0 Å². The third-order valence-corrected chi connectivity index (χ3v) is 8.84. The van der Waals surface area contributed by atoms with Gasteiger partial charge in [0.15, 0.2) is 0 Å². The number of aromatic nitrogens is 2. The van der Waals surface area contributed by atoms with E-state index >= 15 is 0 Å². The Morgan fingerprint density at radius 1 is 1.08 bits per heavy atom. The van der Waals surface area contributed by atoms with Gasteiger partial charge in [0.05, 0.1) is 16.2 Å². The molecule has 10 nitrogen and oxygen atoms in total. The maximum Gasteiger partial charge on any atom is 0.229 e. The second-order valence-corrected chi connectivity index (χ2v) is 13.5. The second kappa shape index (κ2) is 12.5. The molecule has 13 heteroatoms. The van der Waals surface area contributed by atoms with E-state index in [0.29, 0.717) is 60.4 Å². The lowest BCUT2D eigenvalue weighted by Crippen LogP contribution is -2.50. The first-order chi connectivity index (χ1) is 18.5. The summed E-state index contributed by atoms with van der Waals surface area (Å²) in [5.74, 6) is 0.668. The molecule has 0 radical (unpaired) electrons. The monoisotopic (exact) mass is 576 g/mol. The number of rotatable bonds is 11. The standard InChI is InChI=1S/C26H33FN6O4S2/c1-19-17-21(5-8-23(19)27)30-24-9-12-29-25(32-24)31-20-3-6-22(7-4-20)38(35)33-14-10-26(34,11-15-33)18-28-13-16-39(2,36)37/h3-9,12,17,28,34H,10-11,13-16,18H2,1-2H3,(H2,29,30,31,32). The maximum absolute atomic E-state index is 13.5. The highest BCUT2D eigenvalue weighted by molar-refractivity contribution is 7.90. The first-order valence-corrected chi connectivity index (χ1v) is 15.7. The minimum absolute atomic E-state index is 0.0221. The van der Waals surface area contributed by atoms with Gasteiger partial charge in [-0.15, -0.1) is 0 Å². The number of piperidine rings is 1. The van der Waals surface area contributed by atoms with Crippen LogP contribution in [0, 0.1) is 12.7 Å². The molecule has 39 heavy (non-hydrogen) atoms. The van der Waals surface area contributed by atoms with Crippen LogP contribution in [-0.2, 0) is 20.8 Å². The van der Waals surface area contributed by atoms with Crippen LogP contribution < -0.4 is 16.0 Å². The predicted octanol–water partition coefficient (Wildman–Crippen LogP) is 2.90. The Labute approximate surface area is 230 Å². The zero-order valence-electron chi connectivity index (χ0n) is 21.9. The molecule has 210 valence electrons. The van der Waals surface area contributed by atoms with Crippen LogP contribution in [0.2, 0.25) is 0 Å². The normalized spacial score (nSPS) is 16.5. The van der Waals surface area contributed by atoms with Gasteiger partial charge in [0.2, 0.25) is 5.95 Å². The highest BCUT2D eigenvalue weighted by Crippen LogP contribution is 2.26. The summed E-state index contributed by atoms with van der Waals surface area (Å²) in [4.78, 5) is 9.33. The number of aliphatic hydroxyl groups is 1. The van der Waals surface area contributed by atoms with Crippen molar-refractivity contribution >= 4 is 44.0 Å². The molecule has 1 aromatic heterocycles. The van der Waals surface area contributed by atoms with Crippen LogP contribution in [0.5, 0.6) is 0 Å². The van der Waals surface area contributed by atoms with Gasteiger partial charge in [-0.25, -0.2) is 26.3 Å². The first kappa shape index (κ1) is 29.0. The maximum atomic E-state index is 13.5. The Hall–Kier alpha value is -2.97. The van der Waals surface area contributed by atoms with E-state index in [1.165, 1.54) is 12.3 Å². The number of halogens is 1. The Morgan fingerprint density at radius 2 is 1.77 bits per heavy atom. The molecule has 1 atom stereocenters. The van der Waals surface area contributed by atoms with E-state index in [4.69, 9.17) is 0 Å². The van der Waals surface area contributed by atoms with Crippen molar-refractivity contribution in [2.24, 2.45) is 0 Å². The zero-order chi connectivity index (χ0) is 28.0. The minimum atomic E-state index is -3.05. The molecule has 1 unspecified atom stereocenters. The van der Waals surface area contributed by atoms with Gasteiger partial charge in [-0.2, -0.15) is 4.98 Å². The van der Waals surface area contributed by atoms with E-state index in [9.17, 15) is 22.1 Å². The summed E-state index contributed by atoms with van der Waals surface area (Å²) < 4.78 is 51.0. The van der Waals surface area contributed by atoms with E-state index in [-0.39, 0.29) is 18.1 Å². The van der Waals surface area contributed by atoms with Gasteiger partial charge in [0, 0.05) is 50.0 Å². The number of hydrogen-bond donors (Lipinski definition) is 4. The van der Waals surface area contributed by atoms with Crippen molar-refractivity contribution < 1.29 is 22.1 Å². The molecular formula is C26H33FN6O4S2. The molecule has 0 amide bonds. The van der Waals surface area contributed by atoms with Crippen molar-refractivity contribution in [3.05, 3.63) is 66.1 Å². The van der Waals surface area contributed by atoms with E-state index in [1.54, 1.807) is 55.6 Å². The van der Waals surface area contributed by atoms with Crippen LogP contribution in [0.15, 0.2) is 59.6 Å². The summed E-state index contributed by atoms with van der Waals surface area (Å²) in [7, 11) is -4.43. The molecule has 0 aliphatic carbocycles. The summed E-state index contributed by atoms with van der Waals surface area (Å²) in [6.07, 6.45) is 3.66. The number of aryl methyl sites for hydroxylation is 1. The van der Waals surface area contributed by atoms with Crippen LogP contribution >= 0.6 is 0 Å². The molecule has 0 saturated carbocycles. The van der Waals surface area contributed by atoms with Crippen molar-refractivity contribution in [1.82, 2.24) is 19.6 Å². The Morgan fingerprint density at radius 3 is 2.44 bits per heavy atom. The second-order valence-electron chi connectivity index (χ2n) is 9.71. The average Bonchev–Trinajstić information content (AvgIpc) is 2.89. The summed E-state index contributed by atoms with van der Waals surface area (Å²) in [6, 6.07) is 13.6. The fourth-order valence-corrected chi connectivity index (χ4v) is 5.81. The van der Waals surface area contributed by atoms with Crippen LogP contribution in [-0.4, -0.2) is 75.8 Å². The summed E-state index contributed by atoms with van der Waals surface area (Å²) in [6.45, 7) is 3.19. The summed E-state index contributed by atoms with van der Waals surface area (Å²) in [5.41, 5.74) is 1.01. The lowest BCUT2D eigenvalue weighted by Gasteiger charge is -2.37. The highest BCUT2D eigenvalue weighted by atomic mass is 32.2. The first-order valence-electron chi connectivity index (χ1n) is 12.5. The molecule has 4 N–H and O–H groups in total. The van der Waals surface area contributed by atoms with Gasteiger partial charge in [-0.05, 0) is 73.9 Å². The quantitative estimate of drug-likeness (QED) is 0.254. The highest BCUT2D eigenvalue weighted by Gasteiger charge is 2.34. The number of anilines is 4. The van der Waals surface area contributed by atoms with Gasteiger partial charge < -0.3 is 21.1 Å². The van der Waals surface area contributed by atoms with E-state index in [1.807, 2.05) is 4.31 Å². The van der Waals surface area contributed by atoms with Crippen molar-refractivity contribution in [1.29, 1.82) is 0 Å².